The SMILES string of the molecule is CC[C@H](NC(=O)NCc1ccnn1C)c1cc(F)ccc1F. The van der Waals surface area contributed by atoms with Gasteiger partial charge in [-0.1, -0.05) is 6.92 Å². The third-order valence-corrected chi connectivity index (χ3v) is 3.40. The van der Waals surface area contributed by atoms with Crippen LogP contribution in [-0.4, -0.2) is 15.8 Å². The van der Waals surface area contributed by atoms with E-state index in [4.69, 9.17) is 0 Å². The van der Waals surface area contributed by atoms with Crippen molar-refractivity contribution in [2.24, 2.45) is 7.05 Å². The quantitative estimate of drug-likeness (QED) is 0.892. The lowest BCUT2D eigenvalue weighted by Crippen LogP contribution is -2.38. The molecule has 0 spiro atoms. The Morgan fingerprint density at radius 3 is 2.77 bits per heavy atom. The number of nitrogens with zero attached hydrogens (tertiary/aromatic N) is 2. The normalized spacial score (nSPS) is 12.0. The molecule has 2 amide bonds. The maximum atomic E-state index is 13.8. The number of halogens is 2. The van der Waals surface area contributed by atoms with Crippen molar-refractivity contribution >= 4 is 6.03 Å². The van der Waals surface area contributed by atoms with Crippen LogP contribution >= 0.6 is 0 Å². The van der Waals surface area contributed by atoms with Crippen LogP contribution < -0.4 is 10.6 Å². The van der Waals surface area contributed by atoms with Crippen LogP contribution in [0.1, 0.15) is 30.6 Å². The molecule has 0 saturated carbocycles. The highest BCUT2D eigenvalue weighted by molar-refractivity contribution is 5.74. The first-order valence-electron chi connectivity index (χ1n) is 6.97. The van der Waals surface area contributed by atoms with Crippen molar-refractivity contribution in [2.75, 3.05) is 0 Å². The van der Waals surface area contributed by atoms with Gasteiger partial charge >= 0.3 is 6.03 Å². The van der Waals surface area contributed by atoms with Crippen molar-refractivity contribution in [3.63, 3.8) is 0 Å². The Morgan fingerprint density at radius 2 is 2.14 bits per heavy atom. The summed E-state index contributed by atoms with van der Waals surface area (Å²) in [5.74, 6) is -1.08. The molecule has 2 N–H and O–H groups in total. The molecule has 0 aliphatic heterocycles. The van der Waals surface area contributed by atoms with Gasteiger partial charge < -0.3 is 10.6 Å². The number of carbonyl (C=O) groups is 1. The molecule has 1 heterocycles. The highest BCUT2D eigenvalue weighted by Gasteiger charge is 2.17. The number of hydrogen-bond donors (Lipinski definition) is 2. The van der Waals surface area contributed by atoms with Crippen molar-refractivity contribution in [1.82, 2.24) is 20.4 Å². The van der Waals surface area contributed by atoms with Crippen LogP contribution in [0.3, 0.4) is 0 Å². The minimum Gasteiger partial charge on any atom is -0.333 e. The second-order valence-electron chi connectivity index (χ2n) is 4.90. The van der Waals surface area contributed by atoms with Gasteiger partial charge in [0.2, 0.25) is 0 Å². The molecule has 0 aliphatic rings. The van der Waals surface area contributed by atoms with Gasteiger partial charge in [0.1, 0.15) is 11.6 Å². The molecule has 2 aromatic rings. The molecule has 1 aromatic carbocycles. The summed E-state index contributed by atoms with van der Waals surface area (Å²) in [5.41, 5.74) is 0.971. The smallest absolute Gasteiger partial charge is 0.315 e. The van der Waals surface area contributed by atoms with Gasteiger partial charge in [0, 0.05) is 18.8 Å². The number of amides is 2. The van der Waals surface area contributed by atoms with Gasteiger partial charge in [-0.15, -0.1) is 0 Å². The molecule has 1 atom stereocenters. The first-order valence-corrected chi connectivity index (χ1v) is 6.97. The Kier molecular flexibility index (Phi) is 5.08. The molecule has 2 rings (SSSR count). The number of rotatable bonds is 5. The van der Waals surface area contributed by atoms with Crippen molar-refractivity contribution < 1.29 is 13.6 Å². The van der Waals surface area contributed by atoms with Crippen LogP contribution in [0.4, 0.5) is 13.6 Å². The molecule has 118 valence electrons. The Morgan fingerprint density at radius 1 is 1.36 bits per heavy atom. The lowest BCUT2D eigenvalue weighted by atomic mass is 10.0. The molecule has 22 heavy (non-hydrogen) atoms. The molecule has 0 fully saturated rings. The summed E-state index contributed by atoms with van der Waals surface area (Å²) in [6, 6.07) is 3.95. The number of benzene rings is 1. The maximum Gasteiger partial charge on any atom is 0.315 e. The lowest BCUT2D eigenvalue weighted by Gasteiger charge is -2.18. The molecular weight excluding hydrogens is 290 g/mol. The van der Waals surface area contributed by atoms with E-state index in [1.165, 1.54) is 0 Å². The Bertz CT molecular complexity index is 657. The van der Waals surface area contributed by atoms with E-state index in [-0.39, 0.29) is 5.56 Å². The zero-order chi connectivity index (χ0) is 16.1. The number of urea groups is 1. The number of aryl methyl sites for hydroxylation is 1. The van der Waals surface area contributed by atoms with E-state index in [0.717, 1.165) is 23.9 Å². The topological polar surface area (TPSA) is 59.0 Å². The fourth-order valence-electron chi connectivity index (χ4n) is 2.14. The molecular formula is C15H18F2N4O. The summed E-state index contributed by atoms with van der Waals surface area (Å²) in [5, 5.41) is 9.31. The third-order valence-electron chi connectivity index (χ3n) is 3.40. The zero-order valence-corrected chi connectivity index (χ0v) is 12.4. The summed E-state index contributed by atoms with van der Waals surface area (Å²) in [6.45, 7) is 2.08. The molecule has 5 nitrogen and oxygen atoms in total. The predicted molar refractivity (Wildman–Crippen MR) is 78.0 cm³/mol. The fourth-order valence-corrected chi connectivity index (χ4v) is 2.14. The number of nitrogens with one attached hydrogen (secondary N) is 2. The average molecular weight is 308 g/mol. The lowest BCUT2D eigenvalue weighted by molar-refractivity contribution is 0.235. The van der Waals surface area contributed by atoms with E-state index in [1.54, 1.807) is 30.9 Å². The van der Waals surface area contributed by atoms with Gasteiger partial charge in [-0.25, -0.2) is 13.6 Å². The number of hydrogen-bond acceptors (Lipinski definition) is 2. The van der Waals surface area contributed by atoms with Gasteiger partial charge in [0.15, 0.2) is 0 Å². The zero-order valence-electron chi connectivity index (χ0n) is 12.4. The van der Waals surface area contributed by atoms with Gasteiger partial charge in [-0.3, -0.25) is 4.68 Å². The Balaban J connectivity index is 1.99. The Hall–Kier alpha value is -2.44. The van der Waals surface area contributed by atoms with Crippen LogP contribution in [0.25, 0.3) is 0 Å². The van der Waals surface area contributed by atoms with E-state index in [2.05, 4.69) is 15.7 Å². The van der Waals surface area contributed by atoms with E-state index >= 15 is 0 Å². The predicted octanol–water partition coefficient (Wildman–Crippen LogP) is 2.65. The van der Waals surface area contributed by atoms with E-state index < -0.39 is 23.7 Å². The fraction of sp³-hybridized carbons (Fsp3) is 0.333. The molecule has 0 bridgehead atoms. The summed E-state index contributed by atoms with van der Waals surface area (Å²) < 4.78 is 28.7. The van der Waals surface area contributed by atoms with E-state index in [9.17, 15) is 13.6 Å². The second-order valence-corrected chi connectivity index (χ2v) is 4.90. The van der Waals surface area contributed by atoms with E-state index in [1.807, 2.05) is 0 Å². The van der Waals surface area contributed by atoms with Crippen molar-refractivity contribution in [2.45, 2.75) is 25.9 Å². The second kappa shape index (κ2) is 7.02. The van der Waals surface area contributed by atoms with Gasteiger partial charge in [0.25, 0.3) is 0 Å². The monoisotopic (exact) mass is 308 g/mol. The summed E-state index contributed by atoms with van der Waals surface area (Å²) in [4.78, 5) is 11.9. The van der Waals surface area contributed by atoms with E-state index in [0.29, 0.717) is 13.0 Å². The van der Waals surface area contributed by atoms with Crippen LogP contribution in [0.5, 0.6) is 0 Å². The van der Waals surface area contributed by atoms with Gasteiger partial charge in [-0.2, -0.15) is 5.10 Å². The minimum atomic E-state index is -0.595. The summed E-state index contributed by atoms with van der Waals surface area (Å²) in [6.07, 6.45) is 2.07. The summed E-state index contributed by atoms with van der Waals surface area (Å²) >= 11 is 0. The third kappa shape index (κ3) is 3.81. The molecule has 1 aromatic heterocycles. The van der Waals surface area contributed by atoms with Crippen molar-refractivity contribution in [3.8, 4) is 0 Å². The van der Waals surface area contributed by atoms with Gasteiger partial charge in [0.05, 0.1) is 18.3 Å². The molecule has 0 radical (unpaired) electrons. The van der Waals surface area contributed by atoms with Crippen LogP contribution in [0, 0.1) is 11.6 Å². The highest BCUT2D eigenvalue weighted by Crippen LogP contribution is 2.21. The number of aromatic nitrogens is 2. The summed E-state index contributed by atoms with van der Waals surface area (Å²) in [7, 11) is 1.77. The standard InChI is InChI=1S/C15H18F2N4O/c1-3-14(12-8-10(16)4-5-13(12)17)20-15(22)18-9-11-6-7-19-21(11)2/h4-8,14H,3,9H2,1-2H3,(H2,18,20,22)/t14-/m0/s1. The van der Waals surface area contributed by atoms with Crippen molar-refractivity contribution in [1.29, 1.82) is 0 Å². The van der Waals surface area contributed by atoms with Crippen LogP contribution in [0.15, 0.2) is 30.5 Å². The highest BCUT2D eigenvalue weighted by atomic mass is 19.1. The average Bonchev–Trinajstić information content (AvgIpc) is 2.90. The minimum absolute atomic E-state index is 0.137. The first-order chi connectivity index (χ1) is 10.5. The molecule has 0 saturated heterocycles. The van der Waals surface area contributed by atoms with Gasteiger partial charge in [-0.05, 0) is 30.7 Å². The molecule has 0 aliphatic carbocycles. The molecule has 7 heteroatoms. The maximum absolute atomic E-state index is 13.8. The van der Waals surface area contributed by atoms with Crippen LogP contribution in [-0.2, 0) is 13.6 Å². The Labute approximate surface area is 127 Å². The first kappa shape index (κ1) is 15.9. The number of carbonyl (C=O) groups excluding carboxylic acids is 1. The molecule has 0 unspecified atom stereocenters. The van der Waals surface area contributed by atoms with Crippen molar-refractivity contribution in [3.05, 3.63) is 53.4 Å². The van der Waals surface area contributed by atoms with Crippen LogP contribution in [0.2, 0.25) is 0 Å². The largest absolute Gasteiger partial charge is 0.333 e.